The van der Waals surface area contributed by atoms with Crippen molar-refractivity contribution in [3.63, 3.8) is 0 Å². The topological polar surface area (TPSA) is 12.0 Å². The number of rotatable bonds is 3. The van der Waals surface area contributed by atoms with Gasteiger partial charge in [0.2, 0.25) is 0 Å². The van der Waals surface area contributed by atoms with E-state index in [1.54, 1.807) is 5.97 Å². The van der Waals surface area contributed by atoms with Gasteiger partial charge >= 0.3 is 44.5 Å². The molecule has 7 heavy (non-hydrogen) atoms. The molecule has 0 amide bonds. The van der Waals surface area contributed by atoms with E-state index in [0.29, 0.717) is 0 Å². The molecule has 38 valence electrons. The van der Waals surface area contributed by atoms with Gasteiger partial charge in [-0.3, -0.25) is 0 Å². The average Bonchev–Trinajstić information content (AvgIpc) is 1.69. The summed E-state index contributed by atoms with van der Waals surface area (Å²) >= 11 is 0. The molecule has 0 fully saturated rings. The van der Waals surface area contributed by atoms with Crippen LogP contribution in [0.25, 0.3) is 0 Å². The molecule has 1 N–H and O–H groups in total. The molecule has 1 nitrogen and oxygen atoms in total. The van der Waals surface area contributed by atoms with Gasteiger partial charge in [0.25, 0.3) is 0 Å². The molecule has 0 radical (unpaired) electrons. The first-order valence-electron chi connectivity index (χ1n) is 2.42. The maximum atomic E-state index is 3.51. The molecular formula is C5H10BN. The van der Waals surface area contributed by atoms with Crippen molar-refractivity contribution in [1.29, 1.82) is 0 Å². The van der Waals surface area contributed by atoms with E-state index in [9.17, 15) is 0 Å². The molecule has 0 spiro atoms. The second-order valence-electron chi connectivity index (χ2n) is 1.15. The average molecular weight is 95.0 g/mol. The third-order valence-corrected chi connectivity index (χ3v) is 0.554. The Morgan fingerprint density at radius 1 is 1.71 bits per heavy atom. The van der Waals surface area contributed by atoms with Crippen LogP contribution in [-0.4, -0.2) is 20.0 Å². The zero-order valence-corrected chi connectivity index (χ0v) is 4.65. The molecule has 0 unspecified atom stereocenters. The minimum atomic E-state index is 0.977. The van der Waals surface area contributed by atoms with E-state index >= 15 is 0 Å². The Kier molecular flexibility index (Phi) is 5.06. The molecule has 0 saturated carbocycles. The van der Waals surface area contributed by atoms with E-state index in [1.165, 1.54) is 0 Å². The Bertz CT molecular complexity index is 68.5. The normalized spacial score (nSPS) is 9.14. The summed E-state index contributed by atoms with van der Waals surface area (Å²) in [5, 5.41) is 3.00. The Morgan fingerprint density at radius 3 is 2.86 bits per heavy atom. The van der Waals surface area contributed by atoms with Crippen molar-refractivity contribution >= 4 is 13.5 Å². The van der Waals surface area contributed by atoms with Gasteiger partial charge in [0, 0.05) is 0 Å². The van der Waals surface area contributed by atoms with Crippen molar-refractivity contribution in [3.05, 3.63) is 12.3 Å². The molecular weight excluding hydrogens is 84.9 g/mol. The Labute approximate surface area is 45.5 Å². The van der Waals surface area contributed by atoms with Crippen LogP contribution in [0.3, 0.4) is 0 Å². The van der Waals surface area contributed by atoms with Crippen LogP contribution in [0, 0.1) is 0 Å². The van der Waals surface area contributed by atoms with Crippen LogP contribution in [0.4, 0.5) is 0 Å². The maximum absolute atomic E-state index is 3.51. The SMILES string of the molecule is B=C/C=C\NCC. The number of nitrogens with one attached hydrogen (secondary N) is 1. The summed E-state index contributed by atoms with van der Waals surface area (Å²) in [4.78, 5) is 0. The van der Waals surface area contributed by atoms with Gasteiger partial charge in [0.1, 0.15) is 0 Å². The van der Waals surface area contributed by atoms with Gasteiger partial charge < -0.3 is 0 Å². The predicted molar refractivity (Wildman–Crippen MR) is 36.0 cm³/mol. The van der Waals surface area contributed by atoms with Crippen molar-refractivity contribution in [2.45, 2.75) is 6.92 Å². The van der Waals surface area contributed by atoms with Gasteiger partial charge in [-0.1, -0.05) is 0 Å². The standard InChI is InChI=1S/C5H10BN/c1-2-7-5-3-4-6/h3-7H,2H2,1H3/b5-3-. The summed E-state index contributed by atoms with van der Waals surface area (Å²) in [6.45, 7) is 3.03. The Balaban J connectivity index is 2.92. The van der Waals surface area contributed by atoms with Gasteiger partial charge in [-0.2, -0.15) is 0 Å². The first-order chi connectivity index (χ1) is 3.41. The third kappa shape index (κ3) is 5.47. The van der Waals surface area contributed by atoms with Crippen LogP contribution in [0.2, 0.25) is 0 Å². The molecule has 0 aromatic heterocycles. The van der Waals surface area contributed by atoms with Gasteiger partial charge in [0.15, 0.2) is 0 Å². The molecule has 2 heteroatoms. The van der Waals surface area contributed by atoms with Gasteiger partial charge in [0.05, 0.1) is 0 Å². The molecule has 0 aromatic rings. The first-order valence-corrected chi connectivity index (χ1v) is 2.42. The van der Waals surface area contributed by atoms with E-state index in [-0.39, 0.29) is 0 Å². The summed E-state index contributed by atoms with van der Waals surface area (Å²) in [5.74, 6) is 1.74. The molecule has 0 atom stereocenters. The van der Waals surface area contributed by atoms with Gasteiger partial charge in [-0.25, -0.2) is 0 Å². The van der Waals surface area contributed by atoms with E-state index < -0.39 is 0 Å². The molecule has 0 aliphatic carbocycles. The molecule has 0 rings (SSSR count). The second-order valence-corrected chi connectivity index (χ2v) is 1.15. The summed E-state index contributed by atoms with van der Waals surface area (Å²) in [5.41, 5.74) is 0. The summed E-state index contributed by atoms with van der Waals surface area (Å²) in [6, 6.07) is 0. The van der Waals surface area contributed by atoms with Gasteiger partial charge in [-0.05, 0) is 0 Å². The summed E-state index contributed by atoms with van der Waals surface area (Å²) in [6.07, 6.45) is 3.73. The fraction of sp³-hybridized carbons (Fsp3) is 0.400. The summed E-state index contributed by atoms with van der Waals surface area (Å²) < 4.78 is 0. The Hall–Kier alpha value is -0.525. The van der Waals surface area contributed by atoms with Crippen molar-refractivity contribution in [1.82, 2.24) is 5.32 Å². The monoisotopic (exact) mass is 95.1 g/mol. The second kappa shape index (κ2) is 5.47. The molecule has 0 bridgehead atoms. The van der Waals surface area contributed by atoms with Crippen molar-refractivity contribution in [2.75, 3.05) is 6.54 Å². The van der Waals surface area contributed by atoms with Crippen LogP contribution in [0.5, 0.6) is 0 Å². The molecule has 0 heterocycles. The third-order valence-electron chi connectivity index (χ3n) is 0.554. The fourth-order valence-electron chi connectivity index (χ4n) is 0.254. The van der Waals surface area contributed by atoms with Crippen LogP contribution >= 0.6 is 0 Å². The predicted octanol–water partition coefficient (Wildman–Crippen LogP) is -0.187. The number of hydrogen-bond donors (Lipinski definition) is 1. The Morgan fingerprint density at radius 2 is 2.43 bits per heavy atom. The molecule has 0 aliphatic rings. The van der Waals surface area contributed by atoms with Crippen LogP contribution in [0.1, 0.15) is 6.92 Å². The zero-order valence-electron chi connectivity index (χ0n) is 4.65. The van der Waals surface area contributed by atoms with E-state index in [1.807, 2.05) is 19.2 Å². The van der Waals surface area contributed by atoms with Crippen molar-refractivity contribution < 1.29 is 0 Å². The zero-order chi connectivity index (χ0) is 5.54. The molecule has 0 aliphatic heterocycles. The molecule has 0 aromatic carbocycles. The van der Waals surface area contributed by atoms with Gasteiger partial charge in [-0.15, -0.1) is 0 Å². The summed E-state index contributed by atoms with van der Waals surface area (Å²) in [7, 11) is 3.51. The van der Waals surface area contributed by atoms with Crippen molar-refractivity contribution in [2.24, 2.45) is 0 Å². The van der Waals surface area contributed by atoms with Crippen LogP contribution in [-0.2, 0) is 0 Å². The van der Waals surface area contributed by atoms with Crippen LogP contribution in [0.15, 0.2) is 12.3 Å². The fourth-order valence-corrected chi connectivity index (χ4v) is 0.254. The minimum absolute atomic E-state index is 0.977. The van der Waals surface area contributed by atoms with E-state index in [0.717, 1.165) is 6.54 Å². The van der Waals surface area contributed by atoms with E-state index in [4.69, 9.17) is 0 Å². The number of hydrogen-bond acceptors (Lipinski definition) is 1. The van der Waals surface area contributed by atoms with Crippen molar-refractivity contribution in [3.8, 4) is 0 Å². The van der Waals surface area contributed by atoms with E-state index in [2.05, 4.69) is 12.8 Å². The molecule has 0 saturated heterocycles. The quantitative estimate of drug-likeness (QED) is 0.479. The number of allylic oxidation sites excluding steroid dienone is 1. The first kappa shape index (κ1) is 6.47. The van der Waals surface area contributed by atoms with Crippen LogP contribution < -0.4 is 5.32 Å².